The molecule has 0 aromatic heterocycles. The minimum Gasteiger partial charge on any atom is -0.106 e. The van der Waals surface area contributed by atoms with Crippen LogP contribution in [0.5, 0.6) is 0 Å². The zero-order chi connectivity index (χ0) is 13.8. The monoisotopic (exact) mass is 380 g/mol. The van der Waals surface area contributed by atoms with Crippen LogP contribution in [0.15, 0.2) is 63.1 Å². The fourth-order valence-electron chi connectivity index (χ4n) is 2.33. The van der Waals surface area contributed by atoms with E-state index < -0.39 is 0 Å². The average Bonchev–Trinajstić information content (AvgIpc) is 3.20. The molecule has 0 radical (unpaired) electrons. The molecule has 0 aromatic rings. The van der Waals surface area contributed by atoms with Crippen molar-refractivity contribution in [3.8, 4) is 11.1 Å². The van der Waals surface area contributed by atoms with Crippen molar-refractivity contribution in [2.24, 2.45) is 0 Å². The molecule has 3 aliphatic heterocycles. The highest BCUT2D eigenvalue weighted by atomic mass is 32.3. The first-order chi connectivity index (χ1) is 10.4. The molecule has 6 heteroatoms. The lowest BCUT2D eigenvalue weighted by Gasteiger charge is -2.02. The van der Waals surface area contributed by atoms with E-state index in [1.165, 1.54) is 43.0 Å². The summed E-state index contributed by atoms with van der Waals surface area (Å²) in [5.74, 6) is 0. The van der Waals surface area contributed by atoms with Crippen LogP contribution in [0.25, 0.3) is 11.1 Å². The molecule has 0 atom stereocenters. The lowest BCUT2D eigenvalue weighted by Crippen LogP contribution is -1.69. The second kappa shape index (κ2) is 5.42. The molecule has 0 aromatic carbocycles. The lowest BCUT2D eigenvalue weighted by molar-refractivity contribution is 1.31. The van der Waals surface area contributed by atoms with Crippen LogP contribution in [0.4, 0.5) is 0 Å². The van der Waals surface area contributed by atoms with Crippen LogP contribution < -0.4 is 0 Å². The highest BCUT2D eigenvalue weighted by molar-refractivity contribution is 8.46. The quantitative estimate of drug-likeness (QED) is 0.472. The molecule has 0 saturated carbocycles. The van der Waals surface area contributed by atoms with Crippen molar-refractivity contribution in [3.63, 3.8) is 0 Å². The molecule has 0 nitrogen and oxygen atoms in total. The normalized spacial score (nSPS) is 20.6. The van der Waals surface area contributed by atoms with Crippen molar-refractivity contribution < 1.29 is 0 Å². The molecule has 5 aliphatic rings. The number of hydrogen-bond donors (Lipinski definition) is 0. The molecule has 0 spiro atoms. The molecule has 0 bridgehead atoms. The Hall–Kier alpha value is 0.280. The summed E-state index contributed by atoms with van der Waals surface area (Å²) in [5.41, 5.74) is 2.67. The van der Waals surface area contributed by atoms with E-state index in [1.807, 2.05) is 70.6 Å². The van der Waals surface area contributed by atoms with Gasteiger partial charge in [0, 0.05) is 14.9 Å². The third-order valence-corrected chi connectivity index (χ3v) is 12.0. The fourth-order valence-corrected chi connectivity index (χ4v) is 11.5. The van der Waals surface area contributed by atoms with Crippen LogP contribution in [-0.4, -0.2) is 5.08 Å². The third kappa shape index (κ3) is 2.39. The van der Waals surface area contributed by atoms with Crippen LogP contribution in [0.1, 0.15) is 0 Å². The van der Waals surface area contributed by atoms with E-state index in [4.69, 9.17) is 0 Å². The first kappa shape index (κ1) is 13.7. The summed E-state index contributed by atoms with van der Waals surface area (Å²) >= 11 is 11.8. The number of fused-ring (bicyclic) bond motifs is 2. The van der Waals surface area contributed by atoms with Crippen LogP contribution in [0.2, 0.25) is 0 Å². The van der Waals surface area contributed by atoms with Crippen LogP contribution in [0, 0.1) is 0 Å². The Morgan fingerprint density at radius 2 is 1.33 bits per heavy atom. The first-order valence-corrected chi connectivity index (χ1v) is 11.6. The van der Waals surface area contributed by atoms with Gasteiger partial charge in [0.25, 0.3) is 0 Å². The first-order valence-electron chi connectivity index (χ1n) is 6.35. The minimum absolute atomic E-state index is 1.19. The van der Waals surface area contributed by atoms with E-state index >= 15 is 0 Å². The number of thioether (sulfide) groups is 6. The van der Waals surface area contributed by atoms with Gasteiger partial charge in [-0.2, -0.15) is 0 Å². The number of rotatable bonds is 0. The average molecular weight is 381 g/mol. The molecule has 0 fully saturated rings. The molecule has 0 unspecified atom stereocenters. The standard InChI is InChI=1S/C15H8S6/c1-2-8-4-5-10-11(6-9(8)3-1)19-14(18-10)15-20-12-13(21-15)17-7-16-12/h1-6H,7H2. The smallest absolute Gasteiger partial charge is 0.0717 e. The van der Waals surface area contributed by atoms with E-state index in [2.05, 4.69) is 36.4 Å². The van der Waals surface area contributed by atoms with Gasteiger partial charge in [0.15, 0.2) is 0 Å². The van der Waals surface area contributed by atoms with Crippen LogP contribution in [0.3, 0.4) is 0 Å². The second-order valence-electron chi connectivity index (χ2n) is 4.61. The van der Waals surface area contributed by atoms with Gasteiger partial charge in [0.05, 0.1) is 16.9 Å². The van der Waals surface area contributed by atoms with Crippen LogP contribution in [-0.2, 0) is 0 Å². The van der Waals surface area contributed by atoms with E-state index in [-0.39, 0.29) is 0 Å². The van der Waals surface area contributed by atoms with Crippen molar-refractivity contribution >= 4 is 70.6 Å². The Balaban J connectivity index is 1.51. The summed E-state index contributed by atoms with van der Waals surface area (Å²) in [6.07, 6.45) is 0. The Labute approximate surface area is 149 Å². The molecular formula is C15H8S6. The highest BCUT2D eigenvalue weighted by Gasteiger charge is 2.31. The highest BCUT2D eigenvalue weighted by Crippen LogP contribution is 2.66. The largest absolute Gasteiger partial charge is 0.106 e. The van der Waals surface area contributed by atoms with E-state index in [9.17, 15) is 0 Å². The zero-order valence-electron chi connectivity index (χ0n) is 10.6. The molecule has 104 valence electrons. The summed E-state index contributed by atoms with van der Waals surface area (Å²) in [6, 6.07) is 13.4. The molecule has 3 heterocycles. The Kier molecular flexibility index (Phi) is 3.54. The maximum Gasteiger partial charge on any atom is 0.0717 e. The third-order valence-electron chi connectivity index (χ3n) is 3.32. The Morgan fingerprint density at radius 1 is 0.619 bits per heavy atom. The second-order valence-corrected chi connectivity index (χ2v) is 12.1. The molecular weight excluding hydrogens is 373 g/mol. The SMILES string of the molecule is c1cc2ccc3c(cc-2c1)SC(=C1SC2=C(SCS2)S1)S3. The maximum atomic E-state index is 2.34. The van der Waals surface area contributed by atoms with Gasteiger partial charge in [0.2, 0.25) is 0 Å². The van der Waals surface area contributed by atoms with Gasteiger partial charge in [0.1, 0.15) is 0 Å². The predicted octanol–water partition coefficient (Wildman–Crippen LogP) is 7.16. The van der Waals surface area contributed by atoms with Crippen molar-refractivity contribution in [2.45, 2.75) is 9.79 Å². The van der Waals surface area contributed by atoms with E-state index in [0.717, 1.165) is 0 Å². The van der Waals surface area contributed by atoms with E-state index in [1.54, 1.807) is 0 Å². The lowest BCUT2D eigenvalue weighted by atomic mass is 10.2. The summed E-state index contributed by atoms with van der Waals surface area (Å²) in [7, 11) is 0. The molecule has 21 heavy (non-hydrogen) atoms. The molecule has 2 aliphatic carbocycles. The molecule has 0 saturated heterocycles. The van der Waals surface area contributed by atoms with Crippen molar-refractivity contribution in [1.29, 1.82) is 0 Å². The van der Waals surface area contributed by atoms with Crippen molar-refractivity contribution in [1.82, 2.24) is 0 Å². The van der Waals surface area contributed by atoms with Gasteiger partial charge in [-0.1, -0.05) is 71.3 Å². The zero-order valence-corrected chi connectivity index (χ0v) is 15.5. The summed E-state index contributed by atoms with van der Waals surface area (Å²) in [5, 5.41) is 1.19. The number of hydrogen-bond acceptors (Lipinski definition) is 6. The van der Waals surface area contributed by atoms with Gasteiger partial charge < -0.3 is 0 Å². The summed E-state index contributed by atoms with van der Waals surface area (Å²) in [6.45, 7) is 0. The molecule has 0 amide bonds. The van der Waals surface area contributed by atoms with Crippen molar-refractivity contribution in [3.05, 3.63) is 53.3 Å². The maximum absolute atomic E-state index is 2.34. The van der Waals surface area contributed by atoms with Crippen LogP contribution >= 0.6 is 70.6 Å². The summed E-state index contributed by atoms with van der Waals surface area (Å²) in [4.78, 5) is 2.80. The van der Waals surface area contributed by atoms with E-state index in [0.29, 0.717) is 0 Å². The van der Waals surface area contributed by atoms with Gasteiger partial charge in [-0.15, -0.1) is 23.5 Å². The summed E-state index contributed by atoms with van der Waals surface area (Å²) < 4.78 is 5.98. The molecule has 5 rings (SSSR count). The Morgan fingerprint density at radius 3 is 2.19 bits per heavy atom. The van der Waals surface area contributed by atoms with Gasteiger partial charge in [-0.25, -0.2) is 0 Å². The predicted molar refractivity (Wildman–Crippen MR) is 104 cm³/mol. The minimum atomic E-state index is 1.19. The fraction of sp³-hybridized carbons (Fsp3) is 0.0667. The van der Waals surface area contributed by atoms with Gasteiger partial charge in [-0.05, 0) is 23.3 Å². The molecule has 0 N–H and O–H groups in total. The topological polar surface area (TPSA) is 0 Å². The van der Waals surface area contributed by atoms with Crippen molar-refractivity contribution in [2.75, 3.05) is 5.08 Å². The van der Waals surface area contributed by atoms with Gasteiger partial charge in [-0.3, -0.25) is 0 Å². The Bertz CT molecular complexity index is 773. The van der Waals surface area contributed by atoms with Gasteiger partial charge >= 0.3 is 0 Å².